The fourth-order valence-corrected chi connectivity index (χ4v) is 2.43. The highest BCUT2D eigenvalue weighted by Crippen LogP contribution is 2.30. The first kappa shape index (κ1) is 12.4. The summed E-state index contributed by atoms with van der Waals surface area (Å²) >= 11 is 3.48. The monoisotopic (exact) mass is 292 g/mol. The van der Waals surface area contributed by atoms with Gasteiger partial charge in [0.2, 0.25) is 0 Å². The summed E-state index contributed by atoms with van der Waals surface area (Å²) < 4.78 is 1.07. The van der Waals surface area contributed by atoms with Gasteiger partial charge in [-0.05, 0) is 47.7 Å². The molecule has 0 fully saturated rings. The number of benzene rings is 2. The lowest BCUT2D eigenvalue weighted by atomic mass is 9.96. The Balaban J connectivity index is 2.48. The van der Waals surface area contributed by atoms with Crippen LogP contribution in [0.15, 0.2) is 34.8 Å². The molecule has 2 aromatic rings. The van der Waals surface area contributed by atoms with Gasteiger partial charge < -0.3 is 5.11 Å². The van der Waals surface area contributed by atoms with Crippen LogP contribution in [0.3, 0.4) is 0 Å². The summed E-state index contributed by atoms with van der Waals surface area (Å²) in [6.45, 7) is 4.41. The summed E-state index contributed by atoms with van der Waals surface area (Å²) in [5.74, 6) is 1.07. The van der Waals surface area contributed by atoms with Gasteiger partial charge in [-0.3, -0.25) is 0 Å². The minimum Gasteiger partial charge on any atom is -0.508 e. The van der Waals surface area contributed by atoms with Gasteiger partial charge >= 0.3 is 0 Å². The minimum atomic E-state index is 0.417. The van der Waals surface area contributed by atoms with Gasteiger partial charge in [-0.15, -0.1) is 0 Å². The molecule has 0 aliphatic heterocycles. The Morgan fingerprint density at radius 3 is 2.65 bits per heavy atom. The maximum Gasteiger partial charge on any atom is 0.119 e. The van der Waals surface area contributed by atoms with Crippen molar-refractivity contribution in [3.8, 4) is 5.75 Å². The lowest BCUT2D eigenvalue weighted by Crippen LogP contribution is -1.94. The summed E-state index contributed by atoms with van der Waals surface area (Å²) in [5.41, 5.74) is 1.07. The van der Waals surface area contributed by atoms with Crippen LogP contribution in [0.4, 0.5) is 0 Å². The van der Waals surface area contributed by atoms with Gasteiger partial charge in [-0.2, -0.15) is 0 Å². The molecule has 2 aromatic carbocycles. The van der Waals surface area contributed by atoms with E-state index in [-0.39, 0.29) is 0 Å². The second-order valence-electron chi connectivity index (χ2n) is 4.86. The fraction of sp³-hybridized carbons (Fsp3) is 0.333. The minimum absolute atomic E-state index is 0.417. The van der Waals surface area contributed by atoms with Crippen LogP contribution in [-0.4, -0.2) is 5.11 Å². The molecule has 2 rings (SSSR count). The van der Waals surface area contributed by atoms with Crippen LogP contribution >= 0.6 is 15.9 Å². The van der Waals surface area contributed by atoms with E-state index >= 15 is 0 Å². The summed E-state index contributed by atoms with van der Waals surface area (Å²) in [6, 6.07) is 9.96. The molecule has 0 radical (unpaired) electrons. The lowest BCUT2D eigenvalue weighted by molar-refractivity contribution is 0.465. The van der Waals surface area contributed by atoms with Gasteiger partial charge in [0.25, 0.3) is 0 Å². The Hall–Kier alpha value is -1.02. The quantitative estimate of drug-likeness (QED) is 0.853. The predicted octanol–water partition coefficient (Wildman–Crippen LogP) is 4.90. The Morgan fingerprint density at radius 1 is 1.18 bits per heavy atom. The number of aromatic hydroxyl groups is 1. The molecule has 17 heavy (non-hydrogen) atoms. The van der Waals surface area contributed by atoms with E-state index in [2.05, 4.69) is 41.9 Å². The van der Waals surface area contributed by atoms with Gasteiger partial charge in [0.05, 0.1) is 0 Å². The topological polar surface area (TPSA) is 20.2 Å². The molecule has 0 aliphatic carbocycles. The van der Waals surface area contributed by atoms with Crippen LogP contribution in [0.1, 0.15) is 25.8 Å². The highest BCUT2D eigenvalue weighted by atomic mass is 79.9. The first-order chi connectivity index (χ1) is 8.08. The maximum atomic E-state index is 9.98. The zero-order valence-electron chi connectivity index (χ0n) is 10.2. The number of rotatable bonds is 3. The largest absolute Gasteiger partial charge is 0.508 e. The van der Waals surface area contributed by atoms with E-state index in [4.69, 9.17) is 0 Å². The zero-order chi connectivity index (χ0) is 12.4. The van der Waals surface area contributed by atoms with E-state index in [9.17, 15) is 5.11 Å². The third-order valence-corrected chi connectivity index (χ3v) is 3.53. The molecule has 0 atom stereocenters. The second-order valence-corrected chi connectivity index (χ2v) is 5.78. The van der Waals surface area contributed by atoms with Crippen molar-refractivity contribution in [3.63, 3.8) is 0 Å². The average molecular weight is 293 g/mol. The van der Waals surface area contributed by atoms with Crippen molar-refractivity contribution in [2.45, 2.75) is 26.7 Å². The molecular formula is C15H17BrO. The third-order valence-electron chi connectivity index (χ3n) is 3.04. The Bertz CT molecular complexity index is 532. The van der Waals surface area contributed by atoms with E-state index in [0.717, 1.165) is 28.3 Å². The standard InChI is InChI=1S/C15H17BrO/c1-10(2)3-6-14-13-7-5-12(16)9-11(13)4-8-15(14)17/h4-5,7-10,17H,3,6H2,1-2H3. The van der Waals surface area contributed by atoms with Crippen molar-refractivity contribution in [1.82, 2.24) is 0 Å². The first-order valence-electron chi connectivity index (χ1n) is 5.98. The van der Waals surface area contributed by atoms with Crippen LogP contribution in [0.25, 0.3) is 10.8 Å². The SMILES string of the molecule is CC(C)CCc1c(O)ccc2cc(Br)ccc12. The molecule has 0 unspecified atom stereocenters. The van der Waals surface area contributed by atoms with Gasteiger partial charge in [0.15, 0.2) is 0 Å². The van der Waals surface area contributed by atoms with Gasteiger partial charge in [-0.1, -0.05) is 41.9 Å². The van der Waals surface area contributed by atoms with Crippen LogP contribution in [-0.2, 0) is 6.42 Å². The molecule has 1 nitrogen and oxygen atoms in total. The van der Waals surface area contributed by atoms with Crippen LogP contribution < -0.4 is 0 Å². The highest BCUT2D eigenvalue weighted by Gasteiger charge is 2.08. The molecule has 0 saturated carbocycles. The van der Waals surface area contributed by atoms with Crippen LogP contribution in [0.2, 0.25) is 0 Å². The van der Waals surface area contributed by atoms with E-state index in [1.807, 2.05) is 12.1 Å². The van der Waals surface area contributed by atoms with E-state index < -0.39 is 0 Å². The summed E-state index contributed by atoms with van der Waals surface area (Å²) in [7, 11) is 0. The maximum absolute atomic E-state index is 9.98. The Labute approximate surface area is 111 Å². The fourth-order valence-electron chi connectivity index (χ4n) is 2.05. The highest BCUT2D eigenvalue weighted by molar-refractivity contribution is 9.10. The second kappa shape index (κ2) is 5.09. The number of halogens is 1. The van der Waals surface area contributed by atoms with Gasteiger partial charge in [0, 0.05) is 10.0 Å². The van der Waals surface area contributed by atoms with E-state index in [1.54, 1.807) is 6.07 Å². The number of fused-ring (bicyclic) bond motifs is 1. The summed E-state index contributed by atoms with van der Waals surface area (Å²) in [6.07, 6.45) is 2.03. The molecule has 0 saturated heterocycles. The van der Waals surface area contributed by atoms with Crippen molar-refractivity contribution in [1.29, 1.82) is 0 Å². The van der Waals surface area contributed by atoms with Crippen molar-refractivity contribution < 1.29 is 5.11 Å². The van der Waals surface area contributed by atoms with Gasteiger partial charge in [-0.25, -0.2) is 0 Å². The molecule has 2 heteroatoms. The number of aryl methyl sites for hydroxylation is 1. The molecule has 0 bridgehead atoms. The number of hydrogen-bond acceptors (Lipinski definition) is 1. The van der Waals surface area contributed by atoms with Crippen molar-refractivity contribution in [3.05, 3.63) is 40.4 Å². The lowest BCUT2D eigenvalue weighted by Gasteiger charge is -2.11. The number of hydrogen-bond donors (Lipinski definition) is 1. The van der Waals surface area contributed by atoms with Crippen molar-refractivity contribution in [2.75, 3.05) is 0 Å². The number of phenols is 1. The average Bonchev–Trinajstić information content (AvgIpc) is 2.27. The van der Waals surface area contributed by atoms with Crippen molar-refractivity contribution >= 4 is 26.7 Å². The normalized spacial score (nSPS) is 11.3. The summed E-state index contributed by atoms with van der Waals surface area (Å²) in [4.78, 5) is 0. The molecule has 0 heterocycles. The van der Waals surface area contributed by atoms with E-state index in [1.165, 1.54) is 5.39 Å². The van der Waals surface area contributed by atoms with Gasteiger partial charge in [0.1, 0.15) is 5.75 Å². The molecule has 0 aliphatic rings. The molecule has 0 aromatic heterocycles. The molecule has 90 valence electrons. The Morgan fingerprint density at radius 2 is 1.94 bits per heavy atom. The van der Waals surface area contributed by atoms with Crippen LogP contribution in [0.5, 0.6) is 5.75 Å². The van der Waals surface area contributed by atoms with E-state index in [0.29, 0.717) is 11.7 Å². The molecule has 0 amide bonds. The third kappa shape index (κ3) is 2.81. The molecule has 1 N–H and O–H groups in total. The smallest absolute Gasteiger partial charge is 0.119 e. The van der Waals surface area contributed by atoms with Crippen molar-refractivity contribution in [2.24, 2.45) is 5.92 Å². The first-order valence-corrected chi connectivity index (χ1v) is 6.77. The zero-order valence-corrected chi connectivity index (χ0v) is 11.8. The molecular weight excluding hydrogens is 276 g/mol. The number of phenolic OH excluding ortho intramolecular Hbond substituents is 1. The summed E-state index contributed by atoms with van der Waals surface area (Å²) in [5, 5.41) is 12.3. The molecule has 0 spiro atoms. The Kier molecular flexibility index (Phi) is 3.72. The predicted molar refractivity (Wildman–Crippen MR) is 76.5 cm³/mol. The van der Waals surface area contributed by atoms with Crippen LogP contribution in [0, 0.1) is 5.92 Å².